The average molecular weight is 361 g/mol. The fourth-order valence-electron chi connectivity index (χ4n) is 2.81. The molecule has 0 atom stereocenters. The molecule has 1 aromatic carbocycles. The van der Waals surface area contributed by atoms with E-state index in [1.165, 1.54) is 29.7 Å². The molecule has 2 N–H and O–H groups in total. The zero-order valence-electron chi connectivity index (χ0n) is 11.2. The number of fused-ring (bicyclic) bond motifs is 1. The molecule has 0 unspecified atom stereocenters. The number of aromatic nitrogens is 1. The maximum absolute atomic E-state index is 6.00. The topological polar surface area (TPSA) is 52.0 Å². The molecular formula is C16H13BrN2OS. The lowest BCUT2D eigenvalue weighted by molar-refractivity contribution is 0.439. The highest BCUT2D eigenvalue weighted by atomic mass is 79.9. The van der Waals surface area contributed by atoms with Crippen molar-refractivity contribution in [3.05, 3.63) is 45.2 Å². The number of nitrogens with two attached hydrogens (primary N) is 1. The van der Waals surface area contributed by atoms with Gasteiger partial charge in [0.1, 0.15) is 5.69 Å². The molecule has 0 bridgehead atoms. The molecule has 0 aliphatic heterocycles. The first-order chi connectivity index (χ1) is 10.2. The van der Waals surface area contributed by atoms with Gasteiger partial charge in [0, 0.05) is 9.35 Å². The number of rotatable bonds is 2. The summed E-state index contributed by atoms with van der Waals surface area (Å²) >= 11 is 5.27. The normalized spacial score (nSPS) is 13.6. The number of hydrogen-bond acceptors (Lipinski definition) is 4. The largest absolute Gasteiger partial charge is 0.367 e. The number of anilines is 1. The van der Waals surface area contributed by atoms with Crippen molar-refractivity contribution in [2.24, 2.45) is 0 Å². The molecule has 21 heavy (non-hydrogen) atoms. The van der Waals surface area contributed by atoms with Gasteiger partial charge >= 0.3 is 0 Å². The second-order valence-corrected chi connectivity index (χ2v) is 7.24. The predicted molar refractivity (Wildman–Crippen MR) is 89.4 cm³/mol. The first-order valence-electron chi connectivity index (χ1n) is 6.85. The minimum absolute atomic E-state index is 0.376. The summed E-state index contributed by atoms with van der Waals surface area (Å²) in [6.07, 6.45) is 3.62. The van der Waals surface area contributed by atoms with Gasteiger partial charge in [-0.2, -0.15) is 0 Å². The average Bonchev–Trinajstić information content (AvgIpc) is 3.13. The van der Waals surface area contributed by atoms with Gasteiger partial charge in [0.2, 0.25) is 5.88 Å². The summed E-state index contributed by atoms with van der Waals surface area (Å²) in [4.78, 5) is 2.63. The van der Waals surface area contributed by atoms with Crippen molar-refractivity contribution in [2.75, 3.05) is 5.73 Å². The highest BCUT2D eigenvalue weighted by molar-refractivity contribution is 9.10. The molecule has 3 aromatic rings. The third-order valence-corrected chi connectivity index (χ3v) is 5.60. The van der Waals surface area contributed by atoms with Gasteiger partial charge in [0.05, 0.1) is 10.4 Å². The molecule has 106 valence electrons. The molecule has 0 fully saturated rings. The Bertz CT molecular complexity index is 783. The molecule has 1 aliphatic rings. The molecule has 2 heterocycles. The quantitative estimate of drug-likeness (QED) is 0.706. The van der Waals surface area contributed by atoms with Gasteiger partial charge in [0.15, 0.2) is 0 Å². The van der Waals surface area contributed by atoms with Gasteiger partial charge in [0.25, 0.3) is 0 Å². The summed E-state index contributed by atoms with van der Waals surface area (Å²) in [6.45, 7) is 0. The lowest BCUT2D eigenvalue weighted by Crippen LogP contribution is -1.86. The van der Waals surface area contributed by atoms with Gasteiger partial charge in [-0.15, -0.1) is 11.3 Å². The van der Waals surface area contributed by atoms with Crippen LogP contribution in [0.4, 0.5) is 5.88 Å². The molecule has 2 aromatic heterocycles. The molecule has 0 amide bonds. The summed E-state index contributed by atoms with van der Waals surface area (Å²) in [5.41, 5.74) is 10.2. The number of aryl methyl sites for hydroxylation is 2. The molecule has 5 heteroatoms. The monoisotopic (exact) mass is 360 g/mol. The van der Waals surface area contributed by atoms with E-state index in [9.17, 15) is 0 Å². The number of benzene rings is 1. The van der Waals surface area contributed by atoms with Crippen LogP contribution in [0, 0.1) is 0 Å². The highest BCUT2D eigenvalue weighted by Gasteiger charge is 2.22. The Morgan fingerprint density at radius 2 is 2.00 bits per heavy atom. The standard InChI is InChI=1S/C16H13BrN2OS/c17-11-6-4-9(5-7-11)14-15(19-20-16(14)18)13-8-10-2-1-3-12(10)21-13/h4-8H,1-3,18H2. The van der Waals surface area contributed by atoms with Crippen molar-refractivity contribution in [2.45, 2.75) is 19.3 Å². The van der Waals surface area contributed by atoms with Crippen molar-refractivity contribution in [3.8, 4) is 21.7 Å². The van der Waals surface area contributed by atoms with Crippen LogP contribution < -0.4 is 5.73 Å². The summed E-state index contributed by atoms with van der Waals surface area (Å²) < 4.78 is 6.30. The van der Waals surface area contributed by atoms with E-state index in [0.29, 0.717) is 5.88 Å². The molecule has 0 saturated carbocycles. The van der Waals surface area contributed by atoms with Gasteiger partial charge in [-0.25, -0.2) is 0 Å². The van der Waals surface area contributed by atoms with Crippen LogP contribution in [0.15, 0.2) is 39.3 Å². The van der Waals surface area contributed by atoms with Crippen LogP contribution in [0.1, 0.15) is 16.9 Å². The summed E-state index contributed by atoms with van der Waals surface area (Å²) in [5, 5.41) is 4.20. The van der Waals surface area contributed by atoms with Crippen LogP contribution in [-0.2, 0) is 12.8 Å². The van der Waals surface area contributed by atoms with E-state index >= 15 is 0 Å². The second-order valence-electron chi connectivity index (χ2n) is 5.19. The van der Waals surface area contributed by atoms with Crippen molar-refractivity contribution in [1.29, 1.82) is 0 Å². The molecule has 0 spiro atoms. The molecular weight excluding hydrogens is 348 g/mol. The Morgan fingerprint density at radius 3 is 2.76 bits per heavy atom. The Kier molecular flexibility index (Phi) is 3.12. The van der Waals surface area contributed by atoms with E-state index < -0.39 is 0 Å². The Hall–Kier alpha value is -1.59. The van der Waals surface area contributed by atoms with Gasteiger partial charge in [-0.05, 0) is 48.6 Å². The maximum Gasteiger partial charge on any atom is 0.230 e. The Morgan fingerprint density at radius 1 is 1.19 bits per heavy atom. The summed E-state index contributed by atoms with van der Waals surface area (Å²) in [5.74, 6) is 0.376. The number of thiophene rings is 1. The van der Waals surface area contributed by atoms with Crippen LogP contribution in [0.3, 0.4) is 0 Å². The zero-order valence-corrected chi connectivity index (χ0v) is 13.6. The van der Waals surface area contributed by atoms with Gasteiger partial charge in [-0.1, -0.05) is 33.2 Å². The lowest BCUT2D eigenvalue weighted by Gasteiger charge is -2.01. The van der Waals surface area contributed by atoms with Gasteiger partial charge in [-0.3, -0.25) is 0 Å². The van der Waals surface area contributed by atoms with Crippen molar-refractivity contribution in [3.63, 3.8) is 0 Å². The van der Waals surface area contributed by atoms with E-state index in [1.807, 2.05) is 35.6 Å². The van der Waals surface area contributed by atoms with Crippen LogP contribution in [-0.4, -0.2) is 5.16 Å². The van der Waals surface area contributed by atoms with Crippen molar-refractivity contribution in [1.82, 2.24) is 5.16 Å². The second kappa shape index (κ2) is 5.00. The highest BCUT2D eigenvalue weighted by Crippen LogP contribution is 2.42. The van der Waals surface area contributed by atoms with Crippen LogP contribution in [0.5, 0.6) is 0 Å². The zero-order chi connectivity index (χ0) is 14.4. The first-order valence-corrected chi connectivity index (χ1v) is 8.46. The van der Waals surface area contributed by atoms with Crippen LogP contribution in [0.2, 0.25) is 0 Å². The molecule has 4 rings (SSSR count). The number of hydrogen-bond donors (Lipinski definition) is 1. The van der Waals surface area contributed by atoms with E-state index in [1.54, 1.807) is 0 Å². The minimum atomic E-state index is 0.376. The first kappa shape index (κ1) is 13.1. The van der Waals surface area contributed by atoms with Crippen LogP contribution >= 0.6 is 27.3 Å². The predicted octanol–water partition coefficient (Wildman–Crippen LogP) is 4.90. The Balaban J connectivity index is 1.84. The number of nitrogen functional groups attached to an aromatic ring is 1. The smallest absolute Gasteiger partial charge is 0.230 e. The molecule has 0 saturated heterocycles. The Labute approximate surface area is 134 Å². The third kappa shape index (κ3) is 2.21. The van der Waals surface area contributed by atoms with E-state index in [2.05, 4.69) is 27.2 Å². The maximum atomic E-state index is 6.00. The van der Waals surface area contributed by atoms with E-state index in [-0.39, 0.29) is 0 Å². The lowest BCUT2D eigenvalue weighted by atomic mass is 10.0. The van der Waals surface area contributed by atoms with Gasteiger partial charge < -0.3 is 10.3 Å². The van der Waals surface area contributed by atoms with Crippen molar-refractivity contribution >= 4 is 33.2 Å². The number of nitrogens with zero attached hydrogens (tertiary/aromatic N) is 1. The molecule has 0 radical (unpaired) electrons. The fourth-order valence-corrected chi connectivity index (χ4v) is 4.32. The summed E-state index contributed by atoms with van der Waals surface area (Å²) in [6, 6.07) is 10.3. The minimum Gasteiger partial charge on any atom is -0.367 e. The van der Waals surface area contributed by atoms with E-state index in [0.717, 1.165) is 26.2 Å². The van der Waals surface area contributed by atoms with Crippen molar-refractivity contribution < 1.29 is 4.52 Å². The molecule has 3 nitrogen and oxygen atoms in total. The fraction of sp³-hybridized carbons (Fsp3) is 0.188. The SMILES string of the molecule is Nc1onc(-c2cc3c(s2)CCC3)c1-c1ccc(Br)cc1. The third-order valence-electron chi connectivity index (χ3n) is 3.83. The molecule has 1 aliphatic carbocycles. The van der Waals surface area contributed by atoms with Crippen LogP contribution in [0.25, 0.3) is 21.7 Å². The number of halogens is 1. The van der Waals surface area contributed by atoms with E-state index in [4.69, 9.17) is 10.3 Å². The summed E-state index contributed by atoms with van der Waals surface area (Å²) in [7, 11) is 0.